The van der Waals surface area contributed by atoms with Crippen LogP contribution in [-0.4, -0.2) is 64.5 Å². The first-order valence-corrected chi connectivity index (χ1v) is 8.62. The first kappa shape index (κ1) is 18.2. The molecule has 24 heavy (non-hydrogen) atoms. The molecule has 0 spiro atoms. The van der Waals surface area contributed by atoms with E-state index in [2.05, 4.69) is 5.32 Å². The van der Waals surface area contributed by atoms with Crippen LogP contribution in [0.5, 0.6) is 5.75 Å². The van der Waals surface area contributed by atoms with Crippen molar-refractivity contribution >= 4 is 21.8 Å². The number of nitrogens with one attached hydrogen (secondary N) is 1. The molecule has 3 N–H and O–H groups in total. The summed E-state index contributed by atoms with van der Waals surface area (Å²) in [4.78, 5) is 22.6. The van der Waals surface area contributed by atoms with Crippen molar-refractivity contribution < 1.29 is 27.5 Å². The third-order valence-corrected chi connectivity index (χ3v) is 5.36. The van der Waals surface area contributed by atoms with Gasteiger partial charge in [-0.15, -0.1) is 0 Å². The Morgan fingerprint density at radius 3 is 2.58 bits per heavy atom. The van der Waals surface area contributed by atoms with E-state index in [1.165, 1.54) is 29.6 Å². The molecule has 0 bridgehead atoms. The third-order valence-electron chi connectivity index (χ3n) is 3.44. The summed E-state index contributed by atoms with van der Waals surface area (Å²) >= 11 is 0. The van der Waals surface area contributed by atoms with Crippen molar-refractivity contribution in [2.24, 2.45) is 5.73 Å². The molecule has 1 saturated heterocycles. The van der Waals surface area contributed by atoms with Crippen molar-refractivity contribution in [1.82, 2.24) is 9.62 Å². The number of carbonyl (C=O) groups is 2. The van der Waals surface area contributed by atoms with Gasteiger partial charge in [0.1, 0.15) is 10.6 Å². The lowest BCUT2D eigenvalue weighted by Crippen LogP contribution is -2.40. The Morgan fingerprint density at radius 2 is 2.00 bits per heavy atom. The summed E-state index contributed by atoms with van der Waals surface area (Å²) in [5, 5.41) is 2.31. The topological polar surface area (TPSA) is 128 Å². The van der Waals surface area contributed by atoms with Gasteiger partial charge < -0.3 is 20.5 Å². The summed E-state index contributed by atoms with van der Waals surface area (Å²) in [5.74, 6) is -1.17. The summed E-state index contributed by atoms with van der Waals surface area (Å²) < 4.78 is 37.1. The number of sulfonamides is 1. The van der Waals surface area contributed by atoms with Crippen molar-refractivity contribution in [2.45, 2.75) is 4.90 Å². The molecule has 0 radical (unpaired) electrons. The zero-order chi connectivity index (χ0) is 17.7. The number of methoxy groups -OCH3 is 1. The van der Waals surface area contributed by atoms with E-state index in [9.17, 15) is 18.0 Å². The van der Waals surface area contributed by atoms with Crippen molar-refractivity contribution in [3.63, 3.8) is 0 Å². The normalized spacial score (nSPS) is 15.7. The number of hydrogen-bond donors (Lipinski definition) is 2. The molecule has 1 aromatic carbocycles. The molecule has 132 valence electrons. The Labute approximate surface area is 139 Å². The summed E-state index contributed by atoms with van der Waals surface area (Å²) in [5.41, 5.74) is 5.06. The second-order valence-electron chi connectivity index (χ2n) is 5.03. The quantitative estimate of drug-likeness (QED) is 0.667. The highest BCUT2D eigenvalue weighted by Crippen LogP contribution is 2.28. The Morgan fingerprint density at radius 1 is 1.33 bits per heavy atom. The average molecular weight is 357 g/mol. The number of morpholine rings is 1. The van der Waals surface area contributed by atoms with Crippen LogP contribution < -0.4 is 15.8 Å². The number of benzene rings is 1. The van der Waals surface area contributed by atoms with Gasteiger partial charge in [-0.25, -0.2) is 8.42 Å². The number of primary amides is 1. The maximum atomic E-state index is 12.8. The highest BCUT2D eigenvalue weighted by molar-refractivity contribution is 7.89. The predicted octanol–water partition coefficient (Wildman–Crippen LogP) is -1.07. The van der Waals surface area contributed by atoms with Crippen LogP contribution >= 0.6 is 0 Å². The van der Waals surface area contributed by atoms with Crippen LogP contribution in [0.2, 0.25) is 0 Å². The molecule has 0 unspecified atom stereocenters. The molecular formula is C14H19N3O6S. The molecule has 0 aliphatic carbocycles. The standard InChI is InChI=1S/C14H19N3O6S/c1-22-11-3-2-10(14(19)16-9-13(15)18)8-12(11)24(20,21)17-4-6-23-7-5-17/h2-3,8H,4-7,9H2,1H3,(H2,15,18)(H,16,19). The minimum absolute atomic E-state index is 0.0869. The molecule has 1 heterocycles. The molecule has 1 aliphatic rings. The van der Waals surface area contributed by atoms with E-state index in [0.717, 1.165) is 0 Å². The lowest BCUT2D eigenvalue weighted by atomic mass is 10.2. The number of ether oxygens (including phenoxy) is 2. The van der Waals surface area contributed by atoms with Crippen LogP contribution in [0.3, 0.4) is 0 Å². The van der Waals surface area contributed by atoms with Crippen LogP contribution in [-0.2, 0) is 19.6 Å². The van der Waals surface area contributed by atoms with Gasteiger partial charge in [0.05, 0.1) is 26.9 Å². The van der Waals surface area contributed by atoms with Gasteiger partial charge in [0, 0.05) is 18.7 Å². The monoisotopic (exact) mass is 357 g/mol. The second kappa shape index (κ2) is 7.60. The molecular weight excluding hydrogens is 338 g/mol. The molecule has 2 amide bonds. The summed E-state index contributed by atoms with van der Waals surface area (Å²) in [6.07, 6.45) is 0. The van der Waals surface area contributed by atoms with Crippen LogP contribution in [0, 0.1) is 0 Å². The number of hydrogen-bond acceptors (Lipinski definition) is 6. The van der Waals surface area contributed by atoms with E-state index in [1.807, 2.05) is 0 Å². The lowest BCUT2D eigenvalue weighted by molar-refractivity contribution is -0.117. The minimum atomic E-state index is -3.84. The van der Waals surface area contributed by atoms with Crippen LogP contribution in [0.15, 0.2) is 23.1 Å². The minimum Gasteiger partial charge on any atom is -0.495 e. The van der Waals surface area contributed by atoms with Crippen molar-refractivity contribution in [1.29, 1.82) is 0 Å². The first-order chi connectivity index (χ1) is 11.4. The zero-order valence-electron chi connectivity index (χ0n) is 13.1. The first-order valence-electron chi connectivity index (χ1n) is 7.18. The van der Waals surface area contributed by atoms with Crippen molar-refractivity contribution in [2.75, 3.05) is 40.0 Å². The molecule has 2 rings (SSSR count). The van der Waals surface area contributed by atoms with Crippen LogP contribution in [0.4, 0.5) is 0 Å². The Kier molecular flexibility index (Phi) is 5.75. The highest BCUT2D eigenvalue weighted by atomic mass is 32.2. The number of nitrogens with two attached hydrogens (primary N) is 1. The third kappa shape index (κ3) is 4.02. The molecule has 0 saturated carbocycles. The van der Waals surface area contributed by atoms with Gasteiger partial charge in [0.25, 0.3) is 5.91 Å². The largest absolute Gasteiger partial charge is 0.495 e. The smallest absolute Gasteiger partial charge is 0.251 e. The number of amides is 2. The Hall–Kier alpha value is -2.17. The van der Waals surface area contributed by atoms with Gasteiger partial charge in [0.2, 0.25) is 15.9 Å². The summed E-state index contributed by atoms with van der Waals surface area (Å²) in [6, 6.07) is 4.03. The Bertz CT molecular complexity index is 728. The van der Waals surface area contributed by atoms with Gasteiger partial charge in [-0.05, 0) is 18.2 Å². The SMILES string of the molecule is COc1ccc(C(=O)NCC(N)=O)cc1S(=O)(=O)N1CCOCC1. The van der Waals surface area contributed by atoms with Gasteiger partial charge in [-0.2, -0.15) is 4.31 Å². The molecule has 0 atom stereocenters. The van der Waals surface area contributed by atoms with Gasteiger partial charge >= 0.3 is 0 Å². The van der Waals surface area contributed by atoms with Gasteiger partial charge in [0.15, 0.2) is 0 Å². The number of carbonyl (C=O) groups excluding carboxylic acids is 2. The molecule has 1 aromatic rings. The fourth-order valence-electron chi connectivity index (χ4n) is 2.22. The predicted molar refractivity (Wildman–Crippen MR) is 84.1 cm³/mol. The summed E-state index contributed by atoms with van der Waals surface area (Å²) in [7, 11) is -2.49. The van der Waals surface area contributed by atoms with Crippen molar-refractivity contribution in [3.8, 4) is 5.75 Å². The second-order valence-corrected chi connectivity index (χ2v) is 6.94. The fourth-order valence-corrected chi connectivity index (χ4v) is 3.80. The lowest BCUT2D eigenvalue weighted by Gasteiger charge is -2.26. The Balaban J connectivity index is 2.35. The average Bonchev–Trinajstić information content (AvgIpc) is 2.59. The fraction of sp³-hybridized carbons (Fsp3) is 0.429. The number of nitrogens with zero attached hydrogens (tertiary/aromatic N) is 1. The molecule has 1 fully saturated rings. The van der Waals surface area contributed by atoms with E-state index in [4.69, 9.17) is 15.2 Å². The van der Waals surface area contributed by atoms with Gasteiger partial charge in [-0.1, -0.05) is 0 Å². The van der Waals surface area contributed by atoms with E-state index in [0.29, 0.717) is 13.2 Å². The maximum absolute atomic E-state index is 12.8. The molecule has 10 heteroatoms. The molecule has 1 aliphatic heterocycles. The zero-order valence-corrected chi connectivity index (χ0v) is 14.0. The van der Waals surface area contributed by atoms with E-state index >= 15 is 0 Å². The summed E-state index contributed by atoms with van der Waals surface area (Å²) in [6.45, 7) is 0.726. The molecule has 0 aromatic heterocycles. The molecule has 9 nitrogen and oxygen atoms in total. The highest BCUT2D eigenvalue weighted by Gasteiger charge is 2.30. The van der Waals surface area contributed by atoms with Crippen LogP contribution in [0.1, 0.15) is 10.4 Å². The maximum Gasteiger partial charge on any atom is 0.251 e. The van der Waals surface area contributed by atoms with E-state index in [-0.39, 0.29) is 35.8 Å². The van der Waals surface area contributed by atoms with E-state index in [1.54, 1.807) is 0 Å². The number of rotatable bonds is 6. The van der Waals surface area contributed by atoms with Crippen LogP contribution in [0.25, 0.3) is 0 Å². The van der Waals surface area contributed by atoms with Crippen molar-refractivity contribution in [3.05, 3.63) is 23.8 Å². The van der Waals surface area contributed by atoms with Gasteiger partial charge in [-0.3, -0.25) is 9.59 Å². The van der Waals surface area contributed by atoms with E-state index < -0.39 is 21.8 Å².